The van der Waals surface area contributed by atoms with E-state index in [1.807, 2.05) is 18.2 Å². The molecule has 0 unspecified atom stereocenters. The highest BCUT2D eigenvalue weighted by molar-refractivity contribution is 6.30. The third-order valence-electron chi connectivity index (χ3n) is 6.32. The number of aromatic nitrogens is 3. The molecule has 1 saturated carbocycles. The van der Waals surface area contributed by atoms with E-state index in [2.05, 4.69) is 38.8 Å². The van der Waals surface area contributed by atoms with Crippen LogP contribution in [0.4, 0.5) is 4.39 Å². The SMILES string of the molecule is CN1Cc2cc(Cl)ccc2-n2c(nnc2[C@H]2CC[C@H](c3ccc(F)cc3)CC2)C1. The van der Waals surface area contributed by atoms with Crippen LogP contribution in [0.3, 0.4) is 0 Å². The Morgan fingerprint density at radius 3 is 2.41 bits per heavy atom. The molecule has 2 aliphatic rings. The highest BCUT2D eigenvalue weighted by Crippen LogP contribution is 2.41. The Hall–Kier alpha value is -2.24. The van der Waals surface area contributed by atoms with E-state index in [1.54, 1.807) is 12.1 Å². The highest BCUT2D eigenvalue weighted by Gasteiger charge is 2.30. The molecule has 1 aliphatic heterocycles. The van der Waals surface area contributed by atoms with E-state index in [0.29, 0.717) is 11.8 Å². The normalized spacial score (nSPS) is 22.0. The van der Waals surface area contributed by atoms with Gasteiger partial charge < -0.3 is 0 Å². The van der Waals surface area contributed by atoms with Crippen LogP contribution in [-0.2, 0) is 13.1 Å². The molecule has 2 heterocycles. The Balaban J connectivity index is 1.43. The summed E-state index contributed by atoms with van der Waals surface area (Å²) >= 11 is 6.27. The molecule has 6 heteroatoms. The van der Waals surface area contributed by atoms with Crippen molar-refractivity contribution >= 4 is 11.6 Å². The van der Waals surface area contributed by atoms with Crippen LogP contribution in [-0.4, -0.2) is 26.7 Å². The zero-order valence-electron chi connectivity index (χ0n) is 16.5. The van der Waals surface area contributed by atoms with E-state index in [-0.39, 0.29) is 5.82 Å². The van der Waals surface area contributed by atoms with Crippen LogP contribution in [0.2, 0.25) is 5.02 Å². The molecule has 150 valence electrons. The summed E-state index contributed by atoms with van der Waals surface area (Å²) in [4.78, 5) is 2.25. The Labute approximate surface area is 175 Å². The molecular weight excluding hydrogens is 387 g/mol. The van der Waals surface area contributed by atoms with Crippen molar-refractivity contribution in [2.45, 2.75) is 50.6 Å². The van der Waals surface area contributed by atoms with E-state index < -0.39 is 0 Å². The van der Waals surface area contributed by atoms with Crippen molar-refractivity contribution in [2.75, 3.05) is 7.05 Å². The molecule has 3 aromatic rings. The van der Waals surface area contributed by atoms with Crippen LogP contribution in [0.5, 0.6) is 0 Å². The average molecular weight is 411 g/mol. The zero-order chi connectivity index (χ0) is 20.0. The maximum absolute atomic E-state index is 13.2. The zero-order valence-corrected chi connectivity index (χ0v) is 17.2. The van der Waals surface area contributed by atoms with Gasteiger partial charge in [-0.2, -0.15) is 0 Å². The minimum absolute atomic E-state index is 0.169. The first kappa shape index (κ1) is 18.8. The molecule has 0 N–H and O–H groups in total. The molecule has 0 atom stereocenters. The minimum Gasteiger partial charge on any atom is -0.295 e. The third kappa shape index (κ3) is 3.58. The summed E-state index contributed by atoms with van der Waals surface area (Å²) in [5.74, 6) is 2.77. The molecule has 5 rings (SSSR count). The van der Waals surface area contributed by atoms with Crippen molar-refractivity contribution in [1.82, 2.24) is 19.7 Å². The number of hydrogen-bond acceptors (Lipinski definition) is 3. The molecule has 1 aliphatic carbocycles. The summed E-state index contributed by atoms with van der Waals surface area (Å²) in [7, 11) is 2.10. The molecule has 0 saturated heterocycles. The van der Waals surface area contributed by atoms with Gasteiger partial charge in [-0.1, -0.05) is 23.7 Å². The fourth-order valence-corrected chi connectivity index (χ4v) is 5.06. The van der Waals surface area contributed by atoms with Gasteiger partial charge in [-0.05, 0) is 80.1 Å². The Morgan fingerprint density at radius 2 is 1.66 bits per heavy atom. The van der Waals surface area contributed by atoms with Gasteiger partial charge >= 0.3 is 0 Å². The standard InChI is InChI=1S/C23H24ClFN4/c1-28-13-18-12-19(24)8-11-21(18)29-22(14-28)26-27-23(29)17-4-2-15(3-5-17)16-6-9-20(25)10-7-16/h6-12,15,17H,2-5,13-14H2,1H3/t15-,17-. The second-order valence-corrected chi connectivity index (χ2v) is 8.79. The van der Waals surface area contributed by atoms with E-state index in [0.717, 1.165) is 61.1 Å². The summed E-state index contributed by atoms with van der Waals surface area (Å²) in [5, 5.41) is 9.94. The van der Waals surface area contributed by atoms with Gasteiger partial charge in [0, 0.05) is 17.5 Å². The van der Waals surface area contributed by atoms with E-state index >= 15 is 0 Å². The largest absolute Gasteiger partial charge is 0.295 e. The summed E-state index contributed by atoms with van der Waals surface area (Å²) in [6.07, 6.45) is 4.32. The minimum atomic E-state index is -0.169. The Bertz CT molecular complexity index is 1020. The number of benzene rings is 2. The summed E-state index contributed by atoms with van der Waals surface area (Å²) in [6.45, 7) is 1.61. The number of fused-ring (bicyclic) bond motifs is 3. The van der Waals surface area contributed by atoms with E-state index in [4.69, 9.17) is 11.6 Å². The predicted molar refractivity (Wildman–Crippen MR) is 112 cm³/mol. The fraction of sp³-hybridized carbons (Fsp3) is 0.391. The quantitative estimate of drug-likeness (QED) is 0.563. The Morgan fingerprint density at radius 1 is 0.931 bits per heavy atom. The van der Waals surface area contributed by atoms with Crippen LogP contribution >= 0.6 is 11.6 Å². The molecule has 4 nitrogen and oxygen atoms in total. The maximum Gasteiger partial charge on any atom is 0.151 e. The first-order valence-corrected chi connectivity index (χ1v) is 10.6. The van der Waals surface area contributed by atoms with Crippen molar-refractivity contribution in [3.63, 3.8) is 0 Å². The van der Waals surface area contributed by atoms with Crippen molar-refractivity contribution in [3.05, 3.63) is 76.1 Å². The number of hydrogen-bond donors (Lipinski definition) is 0. The lowest BCUT2D eigenvalue weighted by molar-refractivity contribution is 0.315. The summed E-state index contributed by atoms with van der Waals surface area (Å²) < 4.78 is 15.5. The van der Waals surface area contributed by atoms with Gasteiger partial charge in [0.2, 0.25) is 0 Å². The van der Waals surface area contributed by atoms with Gasteiger partial charge in [0.05, 0.1) is 12.2 Å². The van der Waals surface area contributed by atoms with E-state index in [9.17, 15) is 4.39 Å². The lowest BCUT2D eigenvalue weighted by Gasteiger charge is -2.28. The lowest BCUT2D eigenvalue weighted by Crippen LogP contribution is -2.17. The molecule has 2 aromatic carbocycles. The van der Waals surface area contributed by atoms with Crippen LogP contribution in [0.25, 0.3) is 5.69 Å². The topological polar surface area (TPSA) is 34.0 Å². The smallest absolute Gasteiger partial charge is 0.151 e. The van der Waals surface area contributed by atoms with Crippen molar-refractivity contribution in [2.24, 2.45) is 0 Å². The van der Waals surface area contributed by atoms with E-state index in [1.165, 1.54) is 11.1 Å². The van der Waals surface area contributed by atoms with Gasteiger partial charge in [-0.3, -0.25) is 9.47 Å². The monoisotopic (exact) mass is 410 g/mol. The second kappa shape index (κ2) is 7.54. The molecule has 29 heavy (non-hydrogen) atoms. The van der Waals surface area contributed by atoms with Crippen LogP contribution in [0.1, 0.15) is 60.3 Å². The van der Waals surface area contributed by atoms with Crippen molar-refractivity contribution in [3.8, 4) is 5.69 Å². The first-order chi connectivity index (χ1) is 14.1. The number of nitrogens with zero attached hydrogens (tertiary/aromatic N) is 4. The maximum atomic E-state index is 13.2. The molecule has 0 radical (unpaired) electrons. The van der Waals surface area contributed by atoms with Gasteiger partial charge in [0.15, 0.2) is 5.82 Å². The van der Waals surface area contributed by atoms with Gasteiger partial charge in [-0.25, -0.2) is 4.39 Å². The molecular formula is C23H24ClFN4. The third-order valence-corrected chi connectivity index (χ3v) is 6.56. The van der Waals surface area contributed by atoms with Gasteiger partial charge in [0.25, 0.3) is 0 Å². The highest BCUT2D eigenvalue weighted by atomic mass is 35.5. The van der Waals surface area contributed by atoms with Crippen LogP contribution in [0.15, 0.2) is 42.5 Å². The van der Waals surface area contributed by atoms with Gasteiger partial charge in [0.1, 0.15) is 11.6 Å². The van der Waals surface area contributed by atoms with Crippen molar-refractivity contribution < 1.29 is 4.39 Å². The molecule has 0 bridgehead atoms. The van der Waals surface area contributed by atoms with Crippen LogP contribution < -0.4 is 0 Å². The average Bonchev–Trinajstić information content (AvgIpc) is 3.06. The Kier molecular flexibility index (Phi) is 4.88. The summed E-state index contributed by atoms with van der Waals surface area (Å²) in [5.41, 5.74) is 3.60. The molecule has 0 amide bonds. The van der Waals surface area contributed by atoms with Gasteiger partial charge in [-0.15, -0.1) is 10.2 Å². The second-order valence-electron chi connectivity index (χ2n) is 8.36. The molecule has 1 aromatic heterocycles. The number of halogens is 2. The first-order valence-electron chi connectivity index (χ1n) is 10.3. The van der Waals surface area contributed by atoms with Crippen LogP contribution in [0, 0.1) is 5.82 Å². The molecule has 1 fully saturated rings. The fourth-order valence-electron chi connectivity index (χ4n) is 4.87. The number of rotatable bonds is 2. The predicted octanol–water partition coefficient (Wildman–Crippen LogP) is 5.45. The lowest BCUT2D eigenvalue weighted by atomic mass is 9.78. The molecule has 0 spiro atoms. The summed E-state index contributed by atoms with van der Waals surface area (Å²) in [6, 6.07) is 13.1. The van der Waals surface area contributed by atoms with Crippen molar-refractivity contribution in [1.29, 1.82) is 0 Å².